The largest absolute Gasteiger partial charge is 0.416 e. The van der Waals surface area contributed by atoms with Gasteiger partial charge in [0.15, 0.2) is 0 Å². The Bertz CT molecular complexity index is 709. The molecule has 0 saturated heterocycles. The highest BCUT2D eigenvalue weighted by Crippen LogP contribution is 2.25. The first-order chi connectivity index (χ1) is 9.22. The van der Waals surface area contributed by atoms with E-state index < -0.39 is 0 Å². The van der Waals surface area contributed by atoms with E-state index in [-0.39, 0.29) is 0 Å². The molecule has 0 fully saturated rings. The number of benzene rings is 2. The quantitative estimate of drug-likeness (QED) is 0.605. The van der Waals surface area contributed by atoms with Crippen LogP contribution in [-0.2, 0) is 0 Å². The lowest BCUT2D eigenvalue weighted by Crippen LogP contribution is -1.78. The molecule has 2 aromatic carbocycles. The third-order valence-corrected chi connectivity index (χ3v) is 3.54. The van der Waals surface area contributed by atoms with E-state index in [1.54, 1.807) is 6.07 Å². The van der Waals surface area contributed by atoms with Crippen molar-refractivity contribution in [3.8, 4) is 22.9 Å². The molecule has 19 heavy (non-hydrogen) atoms. The molecule has 5 heteroatoms. The standard InChI is InChI=1S/C14H8ClIN2O/c15-11-3-1-2-10(8-11)14-18-17-13(19-14)9-4-6-12(16)7-5-9/h1-8H. The van der Waals surface area contributed by atoms with Crippen LogP contribution >= 0.6 is 34.2 Å². The summed E-state index contributed by atoms with van der Waals surface area (Å²) in [5.41, 5.74) is 1.72. The Balaban J connectivity index is 1.97. The second-order valence-electron chi connectivity index (χ2n) is 3.93. The van der Waals surface area contributed by atoms with E-state index in [9.17, 15) is 0 Å². The minimum atomic E-state index is 0.469. The van der Waals surface area contributed by atoms with Gasteiger partial charge in [0.1, 0.15) is 0 Å². The van der Waals surface area contributed by atoms with Crippen LogP contribution in [0.3, 0.4) is 0 Å². The molecular formula is C14H8ClIN2O. The number of aromatic nitrogens is 2. The monoisotopic (exact) mass is 382 g/mol. The van der Waals surface area contributed by atoms with Crippen LogP contribution in [0.2, 0.25) is 5.02 Å². The number of hydrogen-bond donors (Lipinski definition) is 0. The van der Waals surface area contributed by atoms with E-state index in [0.29, 0.717) is 16.8 Å². The zero-order chi connectivity index (χ0) is 13.2. The molecule has 1 aromatic heterocycles. The van der Waals surface area contributed by atoms with E-state index in [0.717, 1.165) is 14.7 Å². The zero-order valence-electron chi connectivity index (χ0n) is 9.68. The van der Waals surface area contributed by atoms with Gasteiger partial charge in [-0.3, -0.25) is 0 Å². The van der Waals surface area contributed by atoms with Gasteiger partial charge < -0.3 is 4.42 Å². The van der Waals surface area contributed by atoms with Crippen molar-refractivity contribution >= 4 is 34.2 Å². The van der Waals surface area contributed by atoms with Gasteiger partial charge in [-0.05, 0) is 65.1 Å². The van der Waals surface area contributed by atoms with Crippen molar-refractivity contribution in [3.63, 3.8) is 0 Å². The van der Waals surface area contributed by atoms with Gasteiger partial charge in [-0.15, -0.1) is 10.2 Å². The molecule has 0 saturated carbocycles. The normalized spacial score (nSPS) is 10.6. The molecule has 0 amide bonds. The Morgan fingerprint density at radius 3 is 2.26 bits per heavy atom. The van der Waals surface area contributed by atoms with Gasteiger partial charge in [0.2, 0.25) is 11.8 Å². The molecule has 0 aliphatic heterocycles. The average molecular weight is 383 g/mol. The highest BCUT2D eigenvalue weighted by Gasteiger charge is 2.10. The Hall–Kier alpha value is -1.40. The predicted molar refractivity (Wildman–Crippen MR) is 82.9 cm³/mol. The SMILES string of the molecule is Clc1cccc(-c2nnc(-c3ccc(I)cc3)o2)c1. The van der Waals surface area contributed by atoms with Crippen LogP contribution in [0, 0.1) is 3.57 Å². The second kappa shape index (κ2) is 5.30. The fourth-order valence-corrected chi connectivity index (χ4v) is 2.22. The summed E-state index contributed by atoms with van der Waals surface area (Å²) in [6.07, 6.45) is 0. The second-order valence-corrected chi connectivity index (χ2v) is 5.61. The third kappa shape index (κ3) is 2.79. The zero-order valence-corrected chi connectivity index (χ0v) is 12.6. The number of nitrogens with zero attached hydrogens (tertiary/aromatic N) is 2. The number of rotatable bonds is 2. The lowest BCUT2D eigenvalue weighted by molar-refractivity contribution is 0.584. The van der Waals surface area contributed by atoms with Crippen LogP contribution < -0.4 is 0 Å². The van der Waals surface area contributed by atoms with Gasteiger partial charge in [0, 0.05) is 19.7 Å². The first-order valence-corrected chi connectivity index (χ1v) is 7.03. The van der Waals surface area contributed by atoms with E-state index in [1.807, 2.05) is 42.5 Å². The molecule has 1 heterocycles. The van der Waals surface area contributed by atoms with Crippen molar-refractivity contribution in [2.24, 2.45) is 0 Å². The number of halogens is 2. The average Bonchev–Trinajstić information content (AvgIpc) is 2.89. The van der Waals surface area contributed by atoms with Crippen LogP contribution in [-0.4, -0.2) is 10.2 Å². The maximum atomic E-state index is 5.95. The summed E-state index contributed by atoms with van der Waals surface area (Å²) in [6.45, 7) is 0. The molecule has 0 radical (unpaired) electrons. The Labute approximate surface area is 128 Å². The lowest BCUT2D eigenvalue weighted by Gasteiger charge is -1.96. The Kier molecular flexibility index (Phi) is 3.52. The van der Waals surface area contributed by atoms with Gasteiger partial charge in [-0.1, -0.05) is 17.7 Å². The maximum absolute atomic E-state index is 5.95. The molecule has 0 aliphatic carbocycles. The van der Waals surface area contributed by atoms with E-state index in [2.05, 4.69) is 32.8 Å². The molecule has 0 spiro atoms. The van der Waals surface area contributed by atoms with Crippen LogP contribution in [0.5, 0.6) is 0 Å². The summed E-state index contributed by atoms with van der Waals surface area (Å²) in [4.78, 5) is 0. The Morgan fingerprint density at radius 1 is 0.895 bits per heavy atom. The van der Waals surface area contributed by atoms with Crippen molar-refractivity contribution in [1.82, 2.24) is 10.2 Å². The lowest BCUT2D eigenvalue weighted by atomic mass is 10.2. The first kappa shape index (κ1) is 12.6. The van der Waals surface area contributed by atoms with Crippen LogP contribution in [0.1, 0.15) is 0 Å². The molecule has 0 aliphatic rings. The predicted octanol–water partition coefficient (Wildman–Crippen LogP) is 4.66. The van der Waals surface area contributed by atoms with Crippen LogP contribution in [0.25, 0.3) is 22.9 Å². The van der Waals surface area contributed by atoms with Crippen molar-refractivity contribution in [2.75, 3.05) is 0 Å². The summed E-state index contributed by atoms with van der Waals surface area (Å²) in [5.74, 6) is 0.974. The smallest absolute Gasteiger partial charge is 0.248 e. The van der Waals surface area contributed by atoms with Crippen LogP contribution in [0.4, 0.5) is 0 Å². The van der Waals surface area contributed by atoms with Crippen molar-refractivity contribution < 1.29 is 4.42 Å². The van der Waals surface area contributed by atoms with Crippen molar-refractivity contribution in [1.29, 1.82) is 0 Å². The van der Waals surface area contributed by atoms with Gasteiger partial charge in [0.25, 0.3) is 0 Å². The maximum Gasteiger partial charge on any atom is 0.248 e. The summed E-state index contributed by atoms with van der Waals surface area (Å²) in [6, 6.07) is 15.3. The molecule has 0 atom stereocenters. The molecular weight excluding hydrogens is 375 g/mol. The fraction of sp³-hybridized carbons (Fsp3) is 0. The summed E-state index contributed by atoms with van der Waals surface area (Å²) < 4.78 is 6.83. The highest BCUT2D eigenvalue weighted by molar-refractivity contribution is 14.1. The third-order valence-electron chi connectivity index (χ3n) is 2.59. The van der Waals surface area contributed by atoms with Gasteiger partial charge >= 0.3 is 0 Å². The van der Waals surface area contributed by atoms with E-state index in [1.165, 1.54) is 0 Å². The summed E-state index contributed by atoms with van der Waals surface area (Å²) in [5, 5.41) is 8.75. The minimum Gasteiger partial charge on any atom is -0.416 e. The van der Waals surface area contributed by atoms with Gasteiger partial charge in [0.05, 0.1) is 0 Å². The molecule has 0 unspecified atom stereocenters. The topological polar surface area (TPSA) is 38.9 Å². The van der Waals surface area contributed by atoms with Crippen molar-refractivity contribution in [3.05, 3.63) is 57.1 Å². The molecule has 3 aromatic rings. The first-order valence-electron chi connectivity index (χ1n) is 5.58. The molecule has 94 valence electrons. The minimum absolute atomic E-state index is 0.469. The van der Waals surface area contributed by atoms with E-state index >= 15 is 0 Å². The Morgan fingerprint density at radius 2 is 1.58 bits per heavy atom. The molecule has 3 nitrogen and oxygen atoms in total. The molecule has 0 N–H and O–H groups in total. The van der Waals surface area contributed by atoms with Gasteiger partial charge in [-0.2, -0.15) is 0 Å². The van der Waals surface area contributed by atoms with Gasteiger partial charge in [-0.25, -0.2) is 0 Å². The van der Waals surface area contributed by atoms with Crippen LogP contribution in [0.15, 0.2) is 52.9 Å². The highest BCUT2D eigenvalue weighted by atomic mass is 127. The fourth-order valence-electron chi connectivity index (χ4n) is 1.67. The van der Waals surface area contributed by atoms with E-state index in [4.69, 9.17) is 16.0 Å². The van der Waals surface area contributed by atoms with Crippen molar-refractivity contribution in [2.45, 2.75) is 0 Å². The molecule has 3 rings (SSSR count). The number of hydrogen-bond acceptors (Lipinski definition) is 3. The molecule has 0 bridgehead atoms. The summed E-state index contributed by atoms with van der Waals surface area (Å²) >= 11 is 8.20. The summed E-state index contributed by atoms with van der Waals surface area (Å²) in [7, 11) is 0.